The van der Waals surface area contributed by atoms with Crippen LogP contribution in [0.25, 0.3) is 0 Å². The van der Waals surface area contributed by atoms with Gasteiger partial charge in [0.1, 0.15) is 11.6 Å². The van der Waals surface area contributed by atoms with Gasteiger partial charge in [-0.2, -0.15) is 5.26 Å². The molecule has 0 unspecified atom stereocenters. The second-order valence-corrected chi connectivity index (χ2v) is 4.06. The molecule has 0 aliphatic carbocycles. The fourth-order valence-corrected chi connectivity index (χ4v) is 1.56. The van der Waals surface area contributed by atoms with Crippen LogP contribution in [-0.2, 0) is 14.3 Å². The van der Waals surface area contributed by atoms with Crippen LogP contribution < -0.4 is 5.32 Å². The summed E-state index contributed by atoms with van der Waals surface area (Å²) in [5, 5.41) is 19.9. The number of carboxylic acid groups (broad SMARTS) is 1. The number of hydrogen-bond donors (Lipinski definition) is 2. The van der Waals surface area contributed by atoms with Crippen molar-refractivity contribution in [2.75, 3.05) is 32.8 Å². The average Bonchev–Trinajstić information content (AvgIpc) is 2.41. The number of hydrogen-bond acceptors (Lipinski definition) is 5. The van der Waals surface area contributed by atoms with Gasteiger partial charge in [0.25, 0.3) is 5.91 Å². The third-order valence-electron chi connectivity index (χ3n) is 2.58. The third kappa shape index (κ3) is 5.88. The Hall–Kier alpha value is -2.07. The van der Waals surface area contributed by atoms with Crippen molar-refractivity contribution in [1.29, 1.82) is 5.26 Å². The third-order valence-corrected chi connectivity index (χ3v) is 2.58. The highest BCUT2D eigenvalue weighted by molar-refractivity contribution is 5.97. The van der Waals surface area contributed by atoms with E-state index in [0.717, 1.165) is 0 Å². The first-order valence-corrected chi connectivity index (χ1v) is 6.07. The Morgan fingerprint density at radius 1 is 1.42 bits per heavy atom. The molecule has 1 amide bonds. The molecule has 0 saturated carbocycles. The monoisotopic (exact) mass is 267 g/mol. The number of carbonyl (C=O) groups excluding carboxylic acids is 1. The molecule has 1 rings (SSSR count). The lowest BCUT2D eigenvalue weighted by atomic mass is 10.2. The summed E-state index contributed by atoms with van der Waals surface area (Å²) in [6.07, 6.45) is 1.86. The maximum Gasteiger partial charge on any atom is 0.303 e. The molecule has 0 atom stereocenters. The molecule has 1 saturated heterocycles. The van der Waals surface area contributed by atoms with Crippen molar-refractivity contribution in [2.24, 2.45) is 0 Å². The lowest BCUT2D eigenvalue weighted by molar-refractivity contribution is -0.137. The van der Waals surface area contributed by atoms with E-state index in [0.29, 0.717) is 32.7 Å². The highest BCUT2D eigenvalue weighted by Gasteiger charge is 2.13. The van der Waals surface area contributed by atoms with E-state index in [1.807, 2.05) is 11.0 Å². The molecule has 0 aromatic carbocycles. The van der Waals surface area contributed by atoms with E-state index in [2.05, 4.69) is 5.32 Å². The number of carboxylic acids is 1. The molecule has 0 radical (unpaired) electrons. The van der Waals surface area contributed by atoms with Crippen LogP contribution in [0.5, 0.6) is 0 Å². The van der Waals surface area contributed by atoms with Crippen LogP contribution in [0, 0.1) is 11.3 Å². The first-order chi connectivity index (χ1) is 9.13. The lowest BCUT2D eigenvalue weighted by Gasteiger charge is -2.25. The van der Waals surface area contributed by atoms with Crippen molar-refractivity contribution in [3.8, 4) is 6.07 Å². The summed E-state index contributed by atoms with van der Waals surface area (Å²) in [5.74, 6) is -1.38. The Labute approximate surface area is 111 Å². The van der Waals surface area contributed by atoms with Crippen molar-refractivity contribution in [1.82, 2.24) is 10.2 Å². The lowest BCUT2D eigenvalue weighted by Crippen LogP contribution is -2.34. The van der Waals surface area contributed by atoms with Gasteiger partial charge in [-0.3, -0.25) is 9.59 Å². The minimum Gasteiger partial charge on any atom is -0.481 e. The normalized spacial score (nSPS) is 15.7. The van der Waals surface area contributed by atoms with Gasteiger partial charge in [-0.1, -0.05) is 0 Å². The predicted octanol–water partition coefficient (Wildman–Crippen LogP) is -0.293. The van der Waals surface area contributed by atoms with Gasteiger partial charge in [-0.25, -0.2) is 0 Å². The molecule has 0 aromatic heterocycles. The first-order valence-electron chi connectivity index (χ1n) is 6.07. The average molecular weight is 267 g/mol. The van der Waals surface area contributed by atoms with Crippen LogP contribution in [0.3, 0.4) is 0 Å². The second kappa shape index (κ2) is 8.11. The van der Waals surface area contributed by atoms with E-state index in [1.54, 1.807) is 0 Å². The van der Waals surface area contributed by atoms with Crippen molar-refractivity contribution < 1.29 is 19.4 Å². The van der Waals surface area contributed by atoms with Crippen molar-refractivity contribution in [3.63, 3.8) is 0 Å². The predicted molar refractivity (Wildman–Crippen MR) is 66.0 cm³/mol. The van der Waals surface area contributed by atoms with Gasteiger partial charge in [0.05, 0.1) is 13.2 Å². The minimum atomic E-state index is -0.904. The number of nitrogens with one attached hydrogen (secondary N) is 1. The van der Waals surface area contributed by atoms with Gasteiger partial charge in [0.2, 0.25) is 0 Å². The molecule has 19 heavy (non-hydrogen) atoms. The SMILES string of the molecule is N#C/C(=C/N1CCOCC1)C(=O)NCCCC(=O)O. The Morgan fingerprint density at radius 3 is 2.68 bits per heavy atom. The molecule has 1 aliphatic rings. The molecule has 0 bridgehead atoms. The highest BCUT2D eigenvalue weighted by atomic mass is 16.5. The zero-order valence-electron chi connectivity index (χ0n) is 10.6. The molecule has 0 spiro atoms. The van der Waals surface area contributed by atoms with Crippen LogP contribution >= 0.6 is 0 Å². The molecule has 104 valence electrons. The summed E-state index contributed by atoms with van der Waals surface area (Å²) >= 11 is 0. The molecule has 2 N–H and O–H groups in total. The van der Waals surface area contributed by atoms with Crippen LogP contribution in [-0.4, -0.2) is 54.7 Å². The molecule has 1 fully saturated rings. The minimum absolute atomic E-state index is 0.00462. The number of nitriles is 1. The summed E-state index contributed by atoms with van der Waals surface area (Å²) in [6.45, 7) is 2.70. The summed E-state index contributed by atoms with van der Waals surface area (Å²) in [4.78, 5) is 23.8. The van der Waals surface area contributed by atoms with Crippen LogP contribution in [0.1, 0.15) is 12.8 Å². The Morgan fingerprint density at radius 2 is 2.11 bits per heavy atom. The van der Waals surface area contributed by atoms with Crippen LogP contribution in [0.4, 0.5) is 0 Å². The van der Waals surface area contributed by atoms with Crippen LogP contribution in [0.2, 0.25) is 0 Å². The summed E-state index contributed by atoms with van der Waals surface area (Å²) in [5.41, 5.74) is 0.0252. The van der Waals surface area contributed by atoms with Crippen molar-refractivity contribution >= 4 is 11.9 Å². The topological polar surface area (TPSA) is 103 Å². The van der Waals surface area contributed by atoms with Gasteiger partial charge < -0.3 is 20.1 Å². The highest BCUT2D eigenvalue weighted by Crippen LogP contribution is 2.02. The Bertz CT molecular complexity index is 394. The zero-order chi connectivity index (χ0) is 14.1. The molecule has 1 heterocycles. The van der Waals surface area contributed by atoms with Gasteiger partial charge >= 0.3 is 5.97 Å². The van der Waals surface area contributed by atoms with Gasteiger partial charge in [-0.15, -0.1) is 0 Å². The smallest absolute Gasteiger partial charge is 0.303 e. The summed E-state index contributed by atoms with van der Waals surface area (Å²) in [7, 11) is 0. The van der Waals surface area contributed by atoms with E-state index in [4.69, 9.17) is 15.1 Å². The van der Waals surface area contributed by atoms with Gasteiger partial charge in [0.15, 0.2) is 0 Å². The quantitative estimate of drug-likeness (QED) is 0.389. The summed E-state index contributed by atoms with van der Waals surface area (Å²) < 4.78 is 5.17. The van der Waals surface area contributed by atoms with E-state index in [-0.39, 0.29) is 18.5 Å². The van der Waals surface area contributed by atoms with E-state index in [9.17, 15) is 9.59 Å². The molecule has 7 nitrogen and oxygen atoms in total. The molecule has 7 heteroatoms. The number of aliphatic carboxylic acids is 1. The standard InChI is InChI=1S/C12H17N3O4/c13-8-10(9-15-4-6-19-7-5-15)12(18)14-3-1-2-11(16)17/h9H,1-7H2,(H,14,18)(H,16,17)/b10-9-. The molecular formula is C12H17N3O4. The van der Waals surface area contributed by atoms with Gasteiger partial charge in [-0.05, 0) is 6.42 Å². The van der Waals surface area contributed by atoms with E-state index >= 15 is 0 Å². The Kier molecular flexibility index (Phi) is 6.39. The van der Waals surface area contributed by atoms with E-state index in [1.165, 1.54) is 6.20 Å². The molecule has 0 aromatic rings. The van der Waals surface area contributed by atoms with Crippen molar-refractivity contribution in [2.45, 2.75) is 12.8 Å². The zero-order valence-corrected chi connectivity index (χ0v) is 10.6. The first kappa shape index (κ1) is 15.0. The number of morpholine rings is 1. The number of carbonyl (C=O) groups is 2. The van der Waals surface area contributed by atoms with Crippen molar-refractivity contribution in [3.05, 3.63) is 11.8 Å². The van der Waals surface area contributed by atoms with Crippen LogP contribution in [0.15, 0.2) is 11.8 Å². The number of ether oxygens (including phenoxy) is 1. The largest absolute Gasteiger partial charge is 0.481 e. The fourth-order valence-electron chi connectivity index (χ4n) is 1.56. The maximum atomic E-state index is 11.7. The number of rotatable bonds is 6. The number of nitrogens with zero attached hydrogens (tertiary/aromatic N) is 2. The maximum absolute atomic E-state index is 11.7. The van der Waals surface area contributed by atoms with Gasteiger partial charge in [0, 0.05) is 32.3 Å². The second-order valence-electron chi connectivity index (χ2n) is 4.06. The summed E-state index contributed by atoms with van der Waals surface area (Å²) in [6, 6.07) is 1.85. The van der Waals surface area contributed by atoms with E-state index < -0.39 is 11.9 Å². The molecule has 1 aliphatic heterocycles. The Balaban J connectivity index is 2.40. The number of amides is 1. The fraction of sp³-hybridized carbons (Fsp3) is 0.583. The molecular weight excluding hydrogens is 250 g/mol.